The van der Waals surface area contributed by atoms with Crippen molar-refractivity contribution < 1.29 is 9.53 Å². The molecular weight excluding hydrogens is 368 g/mol. The fraction of sp³-hybridized carbons (Fsp3) is 0.304. The van der Waals surface area contributed by atoms with Crippen LogP contribution in [0.3, 0.4) is 0 Å². The van der Waals surface area contributed by atoms with E-state index in [2.05, 4.69) is 12.2 Å². The number of carbonyl (C=O) groups excluding carboxylic acids is 1. The number of hydrogen-bond donors (Lipinski definition) is 1. The summed E-state index contributed by atoms with van der Waals surface area (Å²) in [7, 11) is 1.65. The molecule has 3 aromatic rings. The summed E-state index contributed by atoms with van der Waals surface area (Å²) < 4.78 is 5.47. The van der Waals surface area contributed by atoms with E-state index in [-0.39, 0.29) is 11.2 Å². The van der Waals surface area contributed by atoms with Gasteiger partial charge >= 0.3 is 0 Å². The number of amides is 1. The Kier molecular flexibility index (Phi) is 6.25. The Morgan fingerprint density at radius 2 is 1.79 bits per heavy atom. The smallest absolute Gasteiger partial charge is 0.237 e. The lowest BCUT2D eigenvalue weighted by molar-refractivity contribution is -0.115. The van der Waals surface area contributed by atoms with Crippen molar-refractivity contribution in [1.29, 1.82) is 0 Å². The number of nitrogens with zero attached hydrogens (tertiary/aromatic N) is 1. The monoisotopic (exact) mass is 394 g/mol. The zero-order valence-corrected chi connectivity index (χ0v) is 17.8. The maximum absolute atomic E-state index is 12.9. The molecule has 5 heteroatoms. The van der Waals surface area contributed by atoms with Crippen LogP contribution in [0.1, 0.15) is 30.0 Å². The number of pyridine rings is 1. The zero-order valence-electron chi connectivity index (χ0n) is 17.0. The predicted octanol–water partition coefficient (Wildman–Crippen LogP) is 5.68. The molecule has 3 rings (SSSR count). The Labute approximate surface area is 170 Å². The number of benzene rings is 2. The van der Waals surface area contributed by atoms with Crippen LogP contribution in [0.25, 0.3) is 10.9 Å². The number of nitrogens with one attached hydrogen (secondary N) is 1. The molecule has 146 valence electrons. The van der Waals surface area contributed by atoms with E-state index in [1.807, 2.05) is 63.2 Å². The molecule has 4 nitrogen and oxygen atoms in total. The highest BCUT2D eigenvalue weighted by Gasteiger charge is 2.21. The first-order valence-corrected chi connectivity index (χ1v) is 10.3. The lowest BCUT2D eigenvalue weighted by atomic mass is 10.1. The summed E-state index contributed by atoms with van der Waals surface area (Å²) in [5.41, 5.74) is 4.99. The number of hydrogen-bond acceptors (Lipinski definition) is 4. The highest BCUT2D eigenvalue weighted by atomic mass is 32.2. The minimum atomic E-state index is -0.224. The normalized spacial score (nSPS) is 12.0. The van der Waals surface area contributed by atoms with Gasteiger partial charge in [0.25, 0.3) is 0 Å². The van der Waals surface area contributed by atoms with Crippen LogP contribution < -0.4 is 10.1 Å². The summed E-state index contributed by atoms with van der Waals surface area (Å²) in [5.74, 6) is 0.751. The Balaban J connectivity index is 1.87. The summed E-state index contributed by atoms with van der Waals surface area (Å²) in [5, 5.41) is 4.79. The lowest BCUT2D eigenvalue weighted by Crippen LogP contribution is -2.25. The van der Waals surface area contributed by atoms with Gasteiger partial charge in [-0.15, -0.1) is 0 Å². The minimum absolute atomic E-state index is 0.00415. The predicted molar refractivity (Wildman–Crippen MR) is 118 cm³/mol. The summed E-state index contributed by atoms with van der Waals surface area (Å²) in [6.45, 7) is 8.11. The Morgan fingerprint density at radius 1 is 1.11 bits per heavy atom. The molecule has 1 amide bonds. The second-order valence-corrected chi connectivity index (χ2v) is 8.13. The quantitative estimate of drug-likeness (QED) is 0.547. The van der Waals surface area contributed by atoms with Crippen molar-refractivity contribution in [2.24, 2.45) is 0 Å². The van der Waals surface area contributed by atoms with Crippen molar-refractivity contribution in [1.82, 2.24) is 4.98 Å². The number of para-hydroxylation sites is 2. The number of anilines is 1. The van der Waals surface area contributed by atoms with Gasteiger partial charge in [0.05, 0.1) is 17.4 Å². The highest BCUT2D eigenvalue weighted by Crippen LogP contribution is 2.32. The molecule has 0 radical (unpaired) electrons. The van der Waals surface area contributed by atoms with Crippen LogP contribution in [0.4, 0.5) is 5.69 Å². The van der Waals surface area contributed by atoms with Crippen LogP contribution in [0.5, 0.6) is 5.75 Å². The van der Waals surface area contributed by atoms with E-state index in [0.29, 0.717) is 6.42 Å². The standard InChI is InChI=1S/C23H26N2O2S/c1-6-19(23(26)25-21-14(2)9-7-10-15(21)3)28-20-13-16(4)17-11-8-12-18(27-5)22(17)24-20/h7-13,19H,6H2,1-5H3,(H,25,26). The largest absolute Gasteiger partial charge is 0.494 e. The van der Waals surface area contributed by atoms with Crippen LogP contribution >= 0.6 is 11.8 Å². The van der Waals surface area contributed by atoms with Crippen molar-refractivity contribution in [3.05, 3.63) is 59.2 Å². The SMILES string of the molecule is CCC(Sc1cc(C)c2cccc(OC)c2n1)C(=O)Nc1c(C)cccc1C. The minimum Gasteiger partial charge on any atom is -0.494 e. The lowest BCUT2D eigenvalue weighted by Gasteiger charge is -2.18. The molecule has 1 unspecified atom stereocenters. The molecule has 0 saturated heterocycles. The third kappa shape index (κ3) is 4.14. The molecule has 1 heterocycles. The number of aryl methyl sites for hydroxylation is 3. The van der Waals surface area contributed by atoms with Crippen LogP contribution in [-0.2, 0) is 4.79 Å². The molecule has 28 heavy (non-hydrogen) atoms. The number of fused-ring (bicyclic) bond motifs is 1. The molecule has 1 aromatic heterocycles. The second kappa shape index (κ2) is 8.65. The topological polar surface area (TPSA) is 51.2 Å². The van der Waals surface area contributed by atoms with E-state index in [0.717, 1.165) is 44.1 Å². The third-order valence-electron chi connectivity index (χ3n) is 4.86. The molecule has 0 aliphatic heterocycles. The highest BCUT2D eigenvalue weighted by molar-refractivity contribution is 8.00. The first-order valence-electron chi connectivity index (χ1n) is 9.42. The molecule has 0 spiro atoms. The van der Waals surface area contributed by atoms with Gasteiger partial charge in [-0.05, 0) is 56.0 Å². The third-order valence-corrected chi connectivity index (χ3v) is 6.14. The zero-order chi connectivity index (χ0) is 20.3. The van der Waals surface area contributed by atoms with E-state index < -0.39 is 0 Å². The van der Waals surface area contributed by atoms with Gasteiger partial charge < -0.3 is 10.1 Å². The molecule has 2 aromatic carbocycles. The summed E-state index contributed by atoms with van der Waals surface area (Å²) in [6.07, 6.45) is 0.714. The molecule has 0 aliphatic rings. The van der Waals surface area contributed by atoms with Crippen LogP contribution in [0, 0.1) is 20.8 Å². The number of carbonyl (C=O) groups is 1. The van der Waals surface area contributed by atoms with Gasteiger partial charge in [0.15, 0.2) is 0 Å². The van der Waals surface area contributed by atoms with E-state index in [1.165, 1.54) is 11.8 Å². The van der Waals surface area contributed by atoms with Crippen molar-refractivity contribution in [2.75, 3.05) is 12.4 Å². The van der Waals surface area contributed by atoms with Gasteiger partial charge in [0, 0.05) is 11.1 Å². The van der Waals surface area contributed by atoms with E-state index >= 15 is 0 Å². The van der Waals surface area contributed by atoms with Crippen LogP contribution in [0.2, 0.25) is 0 Å². The van der Waals surface area contributed by atoms with Crippen molar-refractivity contribution >= 4 is 34.3 Å². The van der Waals surface area contributed by atoms with Gasteiger partial charge in [-0.1, -0.05) is 49.0 Å². The first kappa shape index (κ1) is 20.2. The maximum atomic E-state index is 12.9. The van der Waals surface area contributed by atoms with Gasteiger partial charge in [0.2, 0.25) is 5.91 Å². The van der Waals surface area contributed by atoms with Crippen molar-refractivity contribution in [2.45, 2.75) is 44.4 Å². The van der Waals surface area contributed by atoms with Gasteiger partial charge in [-0.25, -0.2) is 4.98 Å². The second-order valence-electron chi connectivity index (χ2n) is 6.90. The molecule has 0 aliphatic carbocycles. The molecule has 1 N–H and O–H groups in total. The molecular formula is C23H26N2O2S. The number of methoxy groups -OCH3 is 1. The average Bonchev–Trinajstić information content (AvgIpc) is 2.68. The summed E-state index contributed by atoms with van der Waals surface area (Å²) in [6, 6.07) is 14.0. The molecule has 0 fully saturated rings. The van der Waals surface area contributed by atoms with Crippen molar-refractivity contribution in [3.8, 4) is 5.75 Å². The fourth-order valence-corrected chi connectivity index (χ4v) is 4.28. The van der Waals surface area contributed by atoms with E-state index in [9.17, 15) is 4.79 Å². The number of rotatable bonds is 6. The summed E-state index contributed by atoms with van der Waals surface area (Å²) >= 11 is 1.50. The van der Waals surface area contributed by atoms with Crippen molar-refractivity contribution in [3.63, 3.8) is 0 Å². The Bertz CT molecular complexity index is 997. The molecule has 0 bridgehead atoms. The van der Waals surface area contributed by atoms with E-state index in [1.54, 1.807) is 7.11 Å². The van der Waals surface area contributed by atoms with Gasteiger partial charge in [-0.2, -0.15) is 0 Å². The fourth-order valence-electron chi connectivity index (χ4n) is 3.27. The molecule has 0 saturated carbocycles. The number of thioether (sulfide) groups is 1. The first-order chi connectivity index (χ1) is 13.4. The van der Waals surface area contributed by atoms with Gasteiger partial charge in [0.1, 0.15) is 11.3 Å². The van der Waals surface area contributed by atoms with Crippen LogP contribution in [-0.4, -0.2) is 23.3 Å². The van der Waals surface area contributed by atoms with E-state index in [4.69, 9.17) is 9.72 Å². The number of aromatic nitrogens is 1. The maximum Gasteiger partial charge on any atom is 0.237 e. The Morgan fingerprint density at radius 3 is 2.43 bits per heavy atom. The Hall–Kier alpha value is -2.53. The average molecular weight is 395 g/mol. The number of ether oxygens (including phenoxy) is 1. The summed E-state index contributed by atoms with van der Waals surface area (Å²) in [4.78, 5) is 17.7. The van der Waals surface area contributed by atoms with Gasteiger partial charge in [-0.3, -0.25) is 4.79 Å². The molecule has 1 atom stereocenters. The van der Waals surface area contributed by atoms with Crippen LogP contribution in [0.15, 0.2) is 47.5 Å².